The summed E-state index contributed by atoms with van der Waals surface area (Å²) in [4.78, 5) is 0. The van der Waals surface area contributed by atoms with Gasteiger partial charge in [0.2, 0.25) is 0 Å². The van der Waals surface area contributed by atoms with E-state index in [2.05, 4.69) is 12.7 Å². The predicted octanol–water partition coefficient (Wildman–Crippen LogP) is 2.61. The standard InChI is InChI=1S/C11H11O/c1-2-8-4-3-5-10(12)11(8)9-6-7-9/h3-5,9,12H,1,6-7H2. The molecule has 12 heavy (non-hydrogen) atoms. The van der Waals surface area contributed by atoms with Crippen molar-refractivity contribution in [2.45, 2.75) is 18.8 Å². The average Bonchev–Trinajstić information content (AvgIpc) is 2.87. The molecule has 0 bridgehead atoms. The van der Waals surface area contributed by atoms with Crippen LogP contribution in [0, 0.1) is 6.08 Å². The normalized spacial score (nSPS) is 16.0. The molecule has 1 aromatic rings. The number of phenols is 1. The summed E-state index contributed by atoms with van der Waals surface area (Å²) in [6, 6.07) is 5.50. The number of aromatic hydroxyl groups is 1. The van der Waals surface area contributed by atoms with Crippen LogP contribution in [0.3, 0.4) is 0 Å². The highest BCUT2D eigenvalue weighted by Gasteiger charge is 2.27. The van der Waals surface area contributed by atoms with Crippen LogP contribution in [0.1, 0.15) is 29.9 Å². The maximum Gasteiger partial charge on any atom is 0.119 e. The van der Waals surface area contributed by atoms with Gasteiger partial charge in [0, 0.05) is 5.56 Å². The lowest BCUT2D eigenvalue weighted by Gasteiger charge is -2.05. The summed E-state index contributed by atoms with van der Waals surface area (Å²) in [6.45, 7) is 3.61. The van der Waals surface area contributed by atoms with Gasteiger partial charge < -0.3 is 5.11 Å². The van der Waals surface area contributed by atoms with E-state index < -0.39 is 0 Å². The fourth-order valence-corrected chi connectivity index (χ4v) is 1.51. The van der Waals surface area contributed by atoms with Gasteiger partial charge >= 0.3 is 0 Å². The van der Waals surface area contributed by atoms with E-state index in [0.717, 1.165) is 11.1 Å². The lowest BCUT2D eigenvalue weighted by atomic mass is 10.0. The van der Waals surface area contributed by atoms with E-state index >= 15 is 0 Å². The minimum absolute atomic E-state index is 0.395. The molecular formula is C11H11O. The van der Waals surface area contributed by atoms with Crippen LogP contribution in [0.4, 0.5) is 0 Å². The van der Waals surface area contributed by atoms with Crippen LogP contribution in [0.15, 0.2) is 24.8 Å². The van der Waals surface area contributed by atoms with Crippen molar-refractivity contribution in [3.8, 4) is 5.75 Å². The Balaban J connectivity index is 2.52. The third kappa shape index (κ3) is 1.11. The Labute approximate surface area is 72.4 Å². The number of benzene rings is 1. The number of hydrogen-bond donors (Lipinski definition) is 1. The van der Waals surface area contributed by atoms with Crippen LogP contribution in [0.2, 0.25) is 0 Å². The van der Waals surface area contributed by atoms with Crippen molar-refractivity contribution in [1.29, 1.82) is 0 Å². The number of phenolic OH excluding ortho intramolecular Hbond substituents is 1. The summed E-state index contributed by atoms with van der Waals surface area (Å²) >= 11 is 0. The lowest BCUT2D eigenvalue weighted by molar-refractivity contribution is 0.468. The van der Waals surface area contributed by atoms with Gasteiger partial charge in [-0.2, -0.15) is 0 Å². The molecule has 1 saturated carbocycles. The summed E-state index contributed by atoms with van der Waals surface area (Å²) in [5, 5.41) is 9.57. The zero-order valence-electron chi connectivity index (χ0n) is 6.88. The number of rotatable bonds is 2. The second-order valence-corrected chi connectivity index (χ2v) is 3.19. The van der Waals surface area contributed by atoms with E-state index in [-0.39, 0.29) is 0 Å². The van der Waals surface area contributed by atoms with E-state index in [4.69, 9.17) is 0 Å². The molecular weight excluding hydrogens is 148 g/mol. The third-order valence-corrected chi connectivity index (χ3v) is 2.26. The van der Waals surface area contributed by atoms with Gasteiger partial charge in [0.15, 0.2) is 0 Å². The minimum Gasteiger partial charge on any atom is -0.508 e. The molecule has 1 N–H and O–H groups in total. The SMILES string of the molecule is C=[C]c1cccc(O)c1C1CC1. The maximum absolute atomic E-state index is 9.57. The van der Waals surface area contributed by atoms with Crippen molar-refractivity contribution in [3.05, 3.63) is 42.0 Å². The fourth-order valence-electron chi connectivity index (χ4n) is 1.51. The Morgan fingerprint density at radius 2 is 2.17 bits per heavy atom. The molecule has 0 saturated heterocycles. The Morgan fingerprint density at radius 1 is 1.42 bits per heavy atom. The molecule has 1 heteroatoms. The van der Waals surface area contributed by atoms with Crippen molar-refractivity contribution >= 4 is 0 Å². The molecule has 1 aliphatic rings. The van der Waals surface area contributed by atoms with E-state index in [0.29, 0.717) is 11.7 Å². The van der Waals surface area contributed by atoms with Crippen molar-refractivity contribution < 1.29 is 5.11 Å². The van der Waals surface area contributed by atoms with Gasteiger partial charge in [-0.3, -0.25) is 0 Å². The Kier molecular flexibility index (Phi) is 1.65. The smallest absolute Gasteiger partial charge is 0.119 e. The largest absolute Gasteiger partial charge is 0.508 e. The first-order chi connectivity index (χ1) is 5.83. The molecule has 1 nitrogen and oxygen atoms in total. The Morgan fingerprint density at radius 3 is 2.75 bits per heavy atom. The Bertz CT molecular complexity index is 311. The molecule has 0 heterocycles. The molecule has 1 radical (unpaired) electrons. The van der Waals surface area contributed by atoms with Gasteiger partial charge in [-0.15, -0.1) is 0 Å². The topological polar surface area (TPSA) is 20.2 Å². The molecule has 1 aliphatic carbocycles. The highest BCUT2D eigenvalue weighted by Crippen LogP contribution is 2.45. The zero-order chi connectivity index (χ0) is 8.55. The second-order valence-electron chi connectivity index (χ2n) is 3.19. The molecule has 0 aliphatic heterocycles. The molecule has 1 fully saturated rings. The molecule has 0 spiro atoms. The summed E-state index contributed by atoms with van der Waals surface area (Å²) < 4.78 is 0. The molecule has 61 valence electrons. The summed E-state index contributed by atoms with van der Waals surface area (Å²) in [6.07, 6.45) is 5.22. The molecule has 0 amide bonds. The van der Waals surface area contributed by atoms with Crippen LogP contribution in [-0.2, 0) is 0 Å². The van der Waals surface area contributed by atoms with Crippen molar-refractivity contribution in [3.63, 3.8) is 0 Å². The quantitative estimate of drug-likeness (QED) is 0.703. The van der Waals surface area contributed by atoms with Crippen LogP contribution in [0.25, 0.3) is 0 Å². The first-order valence-electron chi connectivity index (χ1n) is 4.18. The molecule has 0 aromatic heterocycles. The fraction of sp³-hybridized carbons (Fsp3) is 0.273. The monoisotopic (exact) mass is 159 g/mol. The first-order valence-corrected chi connectivity index (χ1v) is 4.18. The van der Waals surface area contributed by atoms with Gasteiger partial charge in [-0.05, 0) is 36.5 Å². The first kappa shape index (κ1) is 7.41. The minimum atomic E-state index is 0.395. The van der Waals surface area contributed by atoms with Crippen molar-refractivity contribution in [1.82, 2.24) is 0 Å². The van der Waals surface area contributed by atoms with E-state index in [1.807, 2.05) is 12.1 Å². The molecule has 1 aromatic carbocycles. The highest BCUT2D eigenvalue weighted by molar-refractivity contribution is 5.46. The van der Waals surface area contributed by atoms with Gasteiger partial charge in [0.05, 0.1) is 0 Å². The molecule has 0 unspecified atom stereocenters. The summed E-state index contributed by atoms with van der Waals surface area (Å²) in [7, 11) is 0. The van der Waals surface area contributed by atoms with Crippen LogP contribution < -0.4 is 0 Å². The van der Waals surface area contributed by atoms with Gasteiger partial charge in [0.25, 0.3) is 0 Å². The summed E-state index contributed by atoms with van der Waals surface area (Å²) in [5.41, 5.74) is 1.99. The molecule has 0 atom stereocenters. The zero-order valence-corrected chi connectivity index (χ0v) is 6.88. The maximum atomic E-state index is 9.57. The van der Waals surface area contributed by atoms with Gasteiger partial charge in [0.1, 0.15) is 5.75 Å². The van der Waals surface area contributed by atoms with E-state index in [9.17, 15) is 5.11 Å². The third-order valence-electron chi connectivity index (χ3n) is 2.26. The van der Waals surface area contributed by atoms with Crippen LogP contribution in [0.5, 0.6) is 5.75 Å². The predicted molar refractivity (Wildman–Crippen MR) is 48.1 cm³/mol. The lowest BCUT2D eigenvalue weighted by Crippen LogP contribution is -1.86. The van der Waals surface area contributed by atoms with Gasteiger partial charge in [-0.25, -0.2) is 0 Å². The number of hydrogen-bond acceptors (Lipinski definition) is 1. The van der Waals surface area contributed by atoms with Gasteiger partial charge in [-0.1, -0.05) is 18.7 Å². The van der Waals surface area contributed by atoms with Crippen LogP contribution in [-0.4, -0.2) is 5.11 Å². The van der Waals surface area contributed by atoms with Crippen LogP contribution >= 0.6 is 0 Å². The Hall–Kier alpha value is -1.24. The van der Waals surface area contributed by atoms with E-state index in [1.54, 1.807) is 6.07 Å². The molecule has 2 rings (SSSR count). The van der Waals surface area contributed by atoms with Crippen molar-refractivity contribution in [2.24, 2.45) is 0 Å². The highest BCUT2D eigenvalue weighted by atomic mass is 16.3. The summed E-state index contributed by atoms with van der Waals surface area (Å²) in [5.74, 6) is 0.946. The van der Waals surface area contributed by atoms with Crippen molar-refractivity contribution in [2.75, 3.05) is 0 Å². The average molecular weight is 159 g/mol. The van der Waals surface area contributed by atoms with E-state index in [1.165, 1.54) is 12.8 Å². The second kappa shape index (κ2) is 2.67.